The molecule has 1 atom stereocenters. The molecule has 2 aromatic rings. The predicted molar refractivity (Wildman–Crippen MR) is 126 cm³/mol. The average molecular weight is 456 g/mol. The Morgan fingerprint density at radius 1 is 1.06 bits per heavy atom. The summed E-state index contributed by atoms with van der Waals surface area (Å²) in [5.74, 6) is -0.385. The van der Waals surface area contributed by atoms with Crippen molar-refractivity contribution >= 4 is 12.0 Å². The summed E-state index contributed by atoms with van der Waals surface area (Å²) >= 11 is 0. The molecule has 2 aromatic carbocycles. The molecule has 0 bridgehead atoms. The molecule has 0 spiro atoms. The van der Waals surface area contributed by atoms with E-state index in [4.69, 9.17) is 10.5 Å². The third-order valence-electron chi connectivity index (χ3n) is 6.27. The number of hydrogen-bond donors (Lipinski definition) is 2. The van der Waals surface area contributed by atoms with Gasteiger partial charge in [0.2, 0.25) is 5.91 Å². The van der Waals surface area contributed by atoms with Gasteiger partial charge in [-0.05, 0) is 47.9 Å². The van der Waals surface area contributed by atoms with E-state index >= 15 is 0 Å². The van der Waals surface area contributed by atoms with Crippen LogP contribution in [0.25, 0.3) is 0 Å². The first-order valence-corrected chi connectivity index (χ1v) is 11.4. The Labute approximate surface area is 195 Å². The van der Waals surface area contributed by atoms with Crippen LogP contribution in [-0.2, 0) is 22.6 Å². The zero-order valence-electron chi connectivity index (χ0n) is 19.6. The minimum absolute atomic E-state index is 0.0791. The van der Waals surface area contributed by atoms with E-state index in [-0.39, 0.29) is 23.7 Å². The first-order chi connectivity index (χ1) is 15.6. The average Bonchev–Trinajstić information content (AvgIpc) is 2.79. The Hall–Kier alpha value is -2.93. The zero-order chi connectivity index (χ0) is 24.1. The third-order valence-corrected chi connectivity index (χ3v) is 6.27. The topological polar surface area (TPSA) is 84.7 Å². The largest absolute Gasteiger partial charge is 0.445 e. The number of alkyl carbamates (subject to hydrolysis) is 1. The van der Waals surface area contributed by atoms with E-state index in [1.807, 2.05) is 51.1 Å². The van der Waals surface area contributed by atoms with Crippen molar-refractivity contribution in [1.82, 2.24) is 10.2 Å². The molecule has 1 fully saturated rings. The number of rotatable bonds is 6. The summed E-state index contributed by atoms with van der Waals surface area (Å²) in [6.07, 6.45) is 1.11. The molecule has 3 rings (SSSR count). The number of likely N-dealkylation sites (tertiary alicyclic amines) is 1. The molecule has 3 N–H and O–H groups in total. The maximum absolute atomic E-state index is 13.4. The van der Waals surface area contributed by atoms with Crippen LogP contribution in [0.5, 0.6) is 0 Å². The van der Waals surface area contributed by atoms with E-state index in [0.29, 0.717) is 32.4 Å². The third kappa shape index (κ3) is 6.78. The number of halogens is 1. The van der Waals surface area contributed by atoms with Crippen LogP contribution in [0.1, 0.15) is 44.7 Å². The Morgan fingerprint density at radius 2 is 1.67 bits per heavy atom. The SMILES string of the molecule is CC(C)(C)C(N)C(=O)N1CCC(Cc2ccc(F)cc2)(NC(=O)OCc2ccccc2)CC1. The lowest BCUT2D eigenvalue weighted by Gasteiger charge is -2.43. The summed E-state index contributed by atoms with van der Waals surface area (Å²) < 4.78 is 18.9. The molecule has 0 aromatic heterocycles. The highest BCUT2D eigenvalue weighted by Crippen LogP contribution is 2.29. The number of nitrogens with one attached hydrogen (secondary N) is 1. The van der Waals surface area contributed by atoms with Gasteiger partial charge in [0.05, 0.1) is 11.6 Å². The summed E-state index contributed by atoms with van der Waals surface area (Å²) in [7, 11) is 0. The van der Waals surface area contributed by atoms with Gasteiger partial charge in [-0.15, -0.1) is 0 Å². The predicted octanol–water partition coefficient (Wildman–Crippen LogP) is 4.03. The van der Waals surface area contributed by atoms with Gasteiger partial charge in [0.15, 0.2) is 0 Å². The molecule has 1 aliphatic rings. The van der Waals surface area contributed by atoms with Crippen LogP contribution in [0.3, 0.4) is 0 Å². The fourth-order valence-corrected chi connectivity index (χ4v) is 4.04. The molecule has 1 saturated heterocycles. The molecule has 1 aliphatic heterocycles. The van der Waals surface area contributed by atoms with Crippen molar-refractivity contribution in [2.45, 2.75) is 58.2 Å². The number of ether oxygens (including phenoxy) is 1. The van der Waals surface area contributed by atoms with Crippen molar-refractivity contribution in [3.05, 3.63) is 71.5 Å². The number of amides is 2. The van der Waals surface area contributed by atoms with Crippen LogP contribution < -0.4 is 11.1 Å². The second kappa shape index (κ2) is 10.3. The smallest absolute Gasteiger partial charge is 0.407 e. The maximum Gasteiger partial charge on any atom is 0.407 e. The van der Waals surface area contributed by atoms with E-state index < -0.39 is 17.7 Å². The molecular weight excluding hydrogens is 421 g/mol. The Bertz CT molecular complexity index is 934. The maximum atomic E-state index is 13.4. The van der Waals surface area contributed by atoms with E-state index in [0.717, 1.165) is 11.1 Å². The van der Waals surface area contributed by atoms with Gasteiger partial charge in [0.1, 0.15) is 12.4 Å². The quantitative estimate of drug-likeness (QED) is 0.689. The molecule has 33 heavy (non-hydrogen) atoms. The van der Waals surface area contributed by atoms with Gasteiger partial charge in [-0.3, -0.25) is 4.79 Å². The molecule has 2 amide bonds. The Balaban J connectivity index is 1.69. The van der Waals surface area contributed by atoms with Crippen molar-refractivity contribution in [1.29, 1.82) is 0 Å². The van der Waals surface area contributed by atoms with Crippen LogP contribution in [0, 0.1) is 11.2 Å². The van der Waals surface area contributed by atoms with Crippen molar-refractivity contribution in [2.75, 3.05) is 13.1 Å². The lowest BCUT2D eigenvalue weighted by molar-refractivity contribution is -0.136. The van der Waals surface area contributed by atoms with Gasteiger partial charge in [-0.2, -0.15) is 0 Å². The van der Waals surface area contributed by atoms with Gasteiger partial charge in [0, 0.05) is 13.1 Å². The van der Waals surface area contributed by atoms with Crippen LogP contribution in [0.4, 0.5) is 9.18 Å². The lowest BCUT2D eigenvalue weighted by Crippen LogP contribution is -2.60. The minimum atomic E-state index is -0.603. The van der Waals surface area contributed by atoms with Gasteiger partial charge in [0.25, 0.3) is 0 Å². The van der Waals surface area contributed by atoms with Gasteiger partial charge < -0.3 is 20.7 Å². The summed E-state index contributed by atoms with van der Waals surface area (Å²) in [4.78, 5) is 27.3. The summed E-state index contributed by atoms with van der Waals surface area (Å²) in [5, 5.41) is 3.06. The number of carbonyl (C=O) groups excluding carboxylic acids is 2. The highest BCUT2D eigenvalue weighted by molar-refractivity contribution is 5.82. The Morgan fingerprint density at radius 3 is 2.24 bits per heavy atom. The van der Waals surface area contributed by atoms with Gasteiger partial charge in [-0.1, -0.05) is 63.2 Å². The number of hydrogen-bond acceptors (Lipinski definition) is 4. The van der Waals surface area contributed by atoms with Gasteiger partial charge >= 0.3 is 6.09 Å². The van der Waals surface area contributed by atoms with Crippen LogP contribution in [-0.4, -0.2) is 41.6 Å². The highest BCUT2D eigenvalue weighted by atomic mass is 19.1. The lowest BCUT2D eigenvalue weighted by atomic mass is 9.80. The van der Waals surface area contributed by atoms with Crippen LogP contribution in [0.15, 0.2) is 54.6 Å². The zero-order valence-corrected chi connectivity index (χ0v) is 19.6. The number of nitrogens with zero attached hydrogens (tertiary/aromatic N) is 1. The molecular formula is C26H34FN3O3. The van der Waals surface area contributed by atoms with Crippen molar-refractivity contribution in [2.24, 2.45) is 11.1 Å². The van der Waals surface area contributed by atoms with E-state index in [9.17, 15) is 14.0 Å². The van der Waals surface area contributed by atoms with Crippen molar-refractivity contribution in [3.8, 4) is 0 Å². The highest BCUT2D eigenvalue weighted by Gasteiger charge is 2.40. The standard InChI is InChI=1S/C26H34FN3O3/c1-25(2,3)22(28)23(31)30-15-13-26(14-16-30,17-19-9-11-21(27)12-10-19)29-24(32)33-18-20-7-5-4-6-8-20/h4-12,22H,13-18,28H2,1-3H3,(H,29,32). The normalized spacial score (nSPS) is 16.7. The van der Waals surface area contributed by atoms with E-state index in [1.165, 1.54) is 12.1 Å². The number of benzene rings is 2. The fraction of sp³-hybridized carbons (Fsp3) is 0.462. The van der Waals surface area contributed by atoms with Crippen LogP contribution >= 0.6 is 0 Å². The summed E-state index contributed by atoms with van der Waals surface area (Å²) in [6.45, 7) is 6.96. The number of nitrogens with two attached hydrogens (primary N) is 1. The molecule has 6 nitrogen and oxygen atoms in total. The molecule has 1 unspecified atom stereocenters. The van der Waals surface area contributed by atoms with Crippen LogP contribution in [0.2, 0.25) is 0 Å². The first-order valence-electron chi connectivity index (χ1n) is 11.4. The number of piperidine rings is 1. The minimum Gasteiger partial charge on any atom is -0.445 e. The molecule has 0 radical (unpaired) electrons. The second-order valence-corrected chi connectivity index (χ2v) is 9.94. The molecule has 0 aliphatic carbocycles. The monoisotopic (exact) mass is 455 g/mol. The first kappa shape index (κ1) is 24.7. The second-order valence-electron chi connectivity index (χ2n) is 9.94. The molecule has 178 valence electrons. The molecule has 0 saturated carbocycles. The molecule has 1 heterocycles. The molecule has 7 heteroatoms. The number of carbonyl (C=O) groups is 2. The van der Waals surface area contributed by atoms with Gasteiger partial charge in [-0.25, -0.2) is 9.18 Å². The van der Waals surface area contributed by atoms with E-state index in [2.05, 4.69) is 5.32 Å². The Kier molecular flexibility index (Phi) is 7.74. The van der Waals surface area contributed by atoms with Crippen molar-refractivity contribution < 1.29 is 18.7 Å². The summed E-state index contributed by atoms with van der Waals surface area (Å²) in [5.41, 5.74) is 7.06. The van der Waals surface area contributed by atoms with Crippen molar-refractivity contribution in [3.63, 3.8) is 0 Å². The van der Waals surface area contributed by atoms with E-state index in [1.54, 1.807) is 17.0 Å². The summed E-state index contributed by atoms with van der Waals surface area (Å²) in [6, 6.07) is 15.2. The fourth-order valence-electron chi connectivity index (χ4n) is 4.04.